The van der Waals surface area contributed by atoms with Crippen LogP contribution in [0.1, 0.15) is 36.0 Å². The molecule has 7 heteroatoms. The van der Waals surface area contributed by atoms with Crippen molar-refractivity contribution < 1.29 is 9.72 Å². The van der Waals surface area contributed by atoms with Crippen LogP contribution < -0.4 is 16.6 Å². The van der Waals surface area contributed by atoms with Crippen molar-refractivity contribution in [2.75, 3.05) is 12.0 Å². The van der Waals surface area contributed by atoms with E-state index in [1.807, 2.05) is 0 Å². The van der Waals surface area contributed by atoms with E-state index in [2.05, 4.69) is 10.7 Å². The zero-order chi connectivity index (χ0) is 14.5. The molecule has 0 aliphatic heterocycles. The first-order valence-corrected chi connectivity index (χ1v) is 6.65. The van der Waals surface area contributed by atoms with E-state index >= 15 is 0 Å². The summed E-state index contributed by atoms with van der Waals surface area (Å²) in [6.07, 6.45) is 4.68. The lowest BCUT2D eigenvalue weighted by molar-refractivity contribution is -0.384. The number of rotatable bonds is 7. The van der Waals surface area contributed by atoms with Crippen molar-refractivity contribution in [3.8, 4) is 0 Å². The first-order valence-electron chi connectivity index (χ1n) is 6.65. The van der Waals surface area contributed by atoms with Crippen molar-refractivity contribution in [3.63, 3.8) is 0 Å². The Bertz CT molecular complexity index is 514. The molecule has 0 heterocycles. The molecule has 4 N–H and O–H groups in total. The van der Waals surface area contributed by atoms with Gasteiger partial charge < -0.3 is 10.7 Å². The predicted octanol–water partition coefficient (Wildman–Crippen LogP) is 1.80. The third-order valence-electron chi connectivity index (χ3n) is 3.38. The second kappa shape index (κ2) is 6.33. The van der Waals surface area contributed by atoms with Crippen LogP contribution in [0.25, 0.3) is 0 Å². The standard InChI is InChI=1S/C13H18N4O3/c14-16-11-6-5-10(8-12(11)17(19)20)13(18)15-7-1-2-9-3-4-9/h5-6,8-9,16H,1-4,7,14H2,(H,15,18). The van der Waals surface area contributed by atoms with E-state index in [0.29, 0.717) is 6.54 Å². The molecule has 1 saturated carbocycles. The van der Waals surface area contributed by atoms with E-state index in [4.69, 9.17) is 5.84 Å². The van der Waals surface area contributed by atoms with Crippen molar-refractivity contribution in [1.82, 2.24) is 5.32 Å². The van der Waals surface area contributed by atoms with Crippen LogP contribution in [0, 0.1) is 16.0 Å². The van der Waals surface area contributed by atoms with Crippen molar-refractivity contribution in [3.05, 3.63) is 33.9 Å². The highest BCUT2D eigenvalue weighted by atomic mass is 16.6. The normalized spacial score (nSPS) is 13.8. The fourth-order valence-corrected chi connectivity index (χ4v) is 2.05. The van der Waals surface area contributed by atoms with Crippen LogP contribution in [-0.4, -0.2) is 17.4 Å². The number of hydrazine groups is 1. The van der Waals surface area contributed by atoms with Gasteiger partial charge in [0.1, 0.15) is 5.69 Å². The van der Waals surface area contributed by atoms with Gasteiger partial charge in [-0.3, -0.25) is 20.8 Å². The van der Waals surface area contributed by atoms with Crippen LogP contribution >= 0.6 is 0 Å². The highest BCUT2D eigenvalue weighted by Crippen LogP contribution is 2.33. The van der Waals surface area contributed by atoms with Gasteiger partial charge in [-0.25, -0.2) is 0 Å². The van der Waals surface area contributed by atoms with Crippen molar-refractivity contribution in [2.24, 2.45) is 11.8 Å². The molecule has 0 bridgehead atoms. The van der Waals surface area contributed by atoms with Crippen LogP contribution in [0.3, 0.4) is 0 Å². The summed E-state index contributed by atoms with van der Waals surface area (Å²) < 4.78 is 0. The number of anilines is 1. The molecular formula is C13H18N4O3. The first-order chi connectivity index (χ1) is 9.61. The molecule has 0 radical (unpaired) electrons. The predicted molar refractivity (Wildman–Crippen MR) is 75.2 cm³/mol. The number of carbonyl (C=O) groups is 1. The monoisotopic (exact) mass is 278 g/mol. The van der Waals surface area contributed by atoms with E-state index in [9.17, 15) is 14.9 Å². The van der Waals surface area contributed by atoms with Gasteiger partial charge in [-0.1, -0.05) is 12.8 Å². The van der Waals surface area contributed by atoms with E-state index in [1.54, 1.807) is 0 Å². The summed E-state index contributed by atoms with van der Waals surface area (Å²) in [5, 5.41) is 13.6. The summed E-state index contributed by atoms with van der Waals surface area (Å²) in [4.78, 5) is 22.2. The lowest BCUT2D eigenvalue weighted by Gasteiger charge is -2.07. The highest BCUT2D eigenvalue weighted by Gasteiger charge is 2.20. The molecular weight excluding hydrogens is 260 g/mol. The lowest BCUT2D eigenvalue weighted by atomic mass is 10.1. The molecule has 108 valence electrons. The molecule has 0 saturated heterocycles. The molecule has 2 rings (SSSR count). The molecule has 1 fully saturated rings. The SMILES string of the molecule is NNc1ccc(C(=O)NCCCC2CC2)cc1[N+](=O)[O-]. The van der Waals surface area contributed by atoms with Crippen molar-refractivity contribution >= 4 is 17.3 Å². The van der Waals surface area contributed by atoms with E-state index in [-0.39, 0.29) is 22.8 Å². The summed E-state index contributed by atoms with van der Waals surface area (Å²) in [7, 11) is 0. The fraction of sp³-hybridized carbons (Fsp3) is 0.462. The maximum Gasteiger partial charge on any atom is 0.294 e. The van der Waals surface area contributed by atoms with Crippen LogP contribution in [0.2, 0.25) is 0 Å². The Kier molecular flexibility index (Phi) is 4.52. The molecule has 0 aromatic heterocycles. The van der Waals surface area contributed by atoms with Gasteiger partial charge in [0.25, 0.3) is 11.6 Å². The molecule has 1 amide bonds. The van der Waals surface area contributed by atoms with Crippen LogP contribution in [0.5, 0.6) is 0 Å². The number of nitrogens with one attached hydrogen (secondary N) is 2. The van der Waals surface area contributed by atoms with Gasteiger partial charge in [-0.2, -0.15) is 0 Å². The second-order valence-electron chi connectivity index (χ2n) is 4.97. The van der Waals surface area contributed by atoms with Crippen LogP contribution in [0.4, 0.5) is 11.4 Å². The molecule has 1 aromatic carbocycles. The number of nitrogens with zero attached hydrogens (tertiary/aromatic N) is 1. The summed E-state index contributed by atoms with van der Waals surface area (Å²) in [5.74, 6) is 5.73. The molecule has 1 aliphatic rings. The Hall–Kier alpha value is -2.15. The second-order valence-corrected chi connectivity index (χ2v) is 4.97. The smallest absolute Gasteiger partial charge is 0.294 e. The minimum atomic E-state index is -0.570. The van der Waals surface area contributed by atoms with Gasteiger partial charge in [0.15, 0.2) is 0 Å². The van der Waals surface area contributed by atoms with Gasteiger partial charge in [-0.05, 0) is 30.9 Å². The topological polar surface area (TPSA) is 110 Å². The van der Waals surface area contributed by atoms with Crippen LogP contribution in [-0.2, 0) is 0 Å². The zero-order valence-corrected chi connectivity index (χ0v) is 11.1. The first kappa shape index (κ1) is 14.3. The third kappa shape index (κ3) is 3.67. The van der Waals surface area contributed by atoms with Gasteiger partial charge in [0, 0.05) is 18.2 Å². The maximum absolute atomic E-state index is 11.9. The van der Waals surface area contributed by atoms with E-state index in [0.717, 1.165) is 18.8 Å². The molecule has 0 atom stereocenters. The van der Waals surface area contributed by atoms with Crippen LogP contribution in [0.15, 0.2) is 18.2 Å². The summed E-state index contributed by atoms with van der Waals surface area (Å²) in [6.45, 7) is 0.597. The Morgan fingerprint density at radius 2 is 2.20 bits per heavy atom. The van der Waals surface area contributed by atoms with Gasteiger partial charge in [-0.15, -0.1) is 0 Å². The molecule has 0 spiro atoms. The number of hydrogen-bond donors (Lipinski definition) is 3. The fourth-order valence-electron chi connectivity index (χ4n) is 2.05. The van der Waals surface area contributed by atoms with E-state index < -0.39 is 4.92 Å². The molecule has 7 nitrogen and oxygen atoms in total. The lowest BCUT2D eigenvalue weighted by Crippen LogP contribution is -2.24. The maximum atomic E-state index is 11.9. The largest absolute Gasteiger partial charge is 0.352 e. The Balaban J connectivity index is 1.94. The number of hydrogen-bond acceptors (Lipinski definition) is 5. The Morgan fingerprint density at radius 3 is 2.80 bits per heavy atom. The number of carbonyl (C=O) groups excluding carboxylic acids is 1. The molecule has 1 aliphatic carbocycles. The number of nitrogen functional groups attached to an aromatic ring is 1. The van der Waals surface area contributed by atoms with Gasteiger partial charge in [0.05, 0.1) is 4.92 Å². The van der Waals surface area contributed by atoms with E-state index in [1.165, 1.54) is 31.0 Å². The number of nitrogens with two attached hydrogens (primary N) is 1. The Labute approximate surface area is 116 Å². The number of nitro benzene ring substituents is 1. The minimum Gasteiger partial charge on any atom is -0.352 e. The number of nitro groups is 1. The van der Waals surface area contributed by atoms with Crippen molar-refractivity contribution in [2.45, 2.75) is 25.7 Å². The summed E-state index contributed by atoms with van der Waals surface area (Å²) in [6, 6.07) is 4.17. The minimum absolute atomic E-state index is 0.181. The molecule has 0 unspecified atom stereocenters. The zero-order valence-electron chi connectivity index (χ0n) is 11.1. The highest BCUT2D eigenvalue weighted by molar-refractivity contribution is 5.95. The van der Waals surface area contributed by atoms with Crippen molar-refractivity contribution in [1.29, 1.82) is 0 Å². The molecule has 1 aromatic rings. The summed E-state index contributed by atoms with van der Waals surface area (Å²) in [5.41, 5.74) is 2.48. The van der Waals surface area contributed by atoms with Gasteiger partial charge >= 0.3 is 0 Å². The average molecular weight is 278 g/mol. The quantitative estimate of drug-likeness (QED) is 0.305. The average Bonchev–Trinajstić information content (AvgIpc) is 3.26. The van der Waals surface area contributed by atoms with Gasteiger partial charge in [0.2, 0.25) is 0 Å². The third-order valence-corrected chi connectivity index (χ3v) is 3.38. The number of amides is 1. The number of benzene rings is 1. The molecule has 20 heavy (non-hydrogen) atoms. The Morgan fingerprint density at radius 1 is 1.45 bits per heavy atom. The summed E-state index contributed by atoms with van der Waals surface area (Å²) >= 11 is 0.